The standard InChI is InChI=1S/C33H40N4O6Si/c1-21-30(44(3,4)42)28(19-29(39)37(16-17-38)20-22-8-6-5-7-9-22)43-33(21)26-18-25(14-15-27(26)36(2)32(33)41)35-31(40)23-10-12-24(34)13-11-23/h5-15,18,21,28,30,38,42H,16-17,19-20,34H2,1-4H3,(H,35,40)/t21-,28+,30-,33+/m1/s1. The number of likely N-dealkylation sites (N-methyl/N-ethyl adjacent to an activating group) is 1. The first-order valence-electron chi connectivity index (χ1n) is 14.8. The van der Waals surface area contributed by atoms with Crippen LogP contribution in [0.4, 0.5) is 17.1 Å². The fourth-order valence-corrected chi connectivity index (χ4v) is 9.37. The number of hydrogen-bond donors (Lipinski definition) is 4. The van der Waals surface area contributed by atoms with Gasteiger partial charge >= 0.3 is 0 Å². The van der Waals surface area contributed by atoms with Gasteiger partial charge in [0.1, 0.15) is 0 Å². The van der Waals surface area contributed by atoms with Gasteiger partial charge in [0.25, 0.3) is 11.8 Å². The Labute approximate surface area is 258 Å². The Bertz CT molecular complexity index is 1540. The first-order valence-corrected chi connectivity index (χ1v) is 17.8. The van der Waals surface area contributed by atoms with Gasteiger partial charge in [-0.25, -0.2) is 0 Å². The first-order chi connectivity index (χ1) is 20.9. The molecule has 0 bridgehead atoms. The number of amides is 3. The number of aliphatic hydroxyl groups excluding tert-OH is 1. The summed E-state index contributed by atoms with van der Waals surface area (Å²) in [4.78, 5) is 55.4. The highest BCUT2D eigenvalue weighted by Gasteiger charge is 2.66. The molecule has 0 saturated carbocycles. The van der Waals surface area contributed by atoms with E-state index in [4.69, 9.17) is 10.5 Å². The highest BCUT2D eigenvalue weighted by atomic mass is 28.4. The van der Waals surface area contributed by atoms with Crippen LogP contribution in [0.2, 0.25) is 18.6 Å². The third kappa shape index (κ3) is 5.75. The summed E-state index contributed by atoms with van der Waals surface area (Å²) in [7, 11) is -1.32. The lowest BCUT2D eigenvalue weighted by atomic mass is 9.82. The predicted octanol–water partition coefficient (Wildman–Crippen LogP) is 3.71. The molecule has 1 spiro atoms. The van der Waals surface area contributed by atoms with Gasteiger partial charge in [-0.05, 0) is 61.1 Å². The molecule has 5 N–H and O–H groups in total. The summed E-state index contributed by atoms with van der Waals surface area (Å²) in [6.45, 7) is 5.77. The maximum Gasteiger partial charge on any atom is 0.264 e. The molecule has 4 atom stereocenters. The van der Waals surface area contributed by atoms with Gasteiger partial charge in [-0.1, -0.05) is 37.3 Å². The minimum absolute atomic E-state index is 0.0551. The van der Waals surface area contributed by atoms with Gasteiger partial charge in [-0.15, -0.1) is 0 Å². The Balaban J connectivity index is 1.47. The van der Waals surface area contributed by atoms with E-state index in [1.165, 1.54) is 4.90 Å². The Morgan fingerprint density at radius 2 is 1.77 bits per heavy atom. The number of anilines is 3. The average Bonchev–Trinajstić information content (AvgIpc) is 3.39. The lowest BCUT2D eigenvalue weighted by Gasteiger charge is -2.32. The summed E-state index contributed by atoms with van der Waals surface area (Å²) in [5, 5.41) is 12.6. The Hall–Kier alpha value is -4.03. The number of benzene rings is 3. The summed E-state index contributed by atoms with van der Waals surface area (Å²) in [6, 6.07) is 21.4. The zero-order valence-electron chi connectivity index (χ0n) is 25.5. The van der Waals surface area contributed by atoms with Crippen molar-refractivity contribution in [1.29, 1.82) is 0 Å². The van der Waals surface area contributed by atoms with Crippen LogP contribution in [0.3, 0.4) is 0 Å². The topological polar surface area (TPSA) is 145 Å². The van der Waals surface area contributed by atoms with Crippen LogP contribution in [0.5, 0.6) is 0 Å². The quantitative estimate of drug-likeness (QED) is 0.212. The molecule has 11 heteroatoms. The third-order valence-corrected chi connectivity index (χ3v) is 11.4. The number of aliphatic hydroxyl groups is 1. The molecule has 232 valence electrons. The van der Waals surface area contributed by atoms with Crippen molar-refractivity contribution >= 4 is 43.1 Å². The van der Waals surface area contributed by atoms with Gasteiger partial charge in [-0.2, -0.15) is 0 Å². The molecule has 2 aliphatic rings. The van der Waals surface area contributed by atoms with Crippen LogP contribution < -0.4 is 16.0 Å². The van der Waals surface area contributed by atoms with Crippen LogP contribution in [-0.4, -0.2) is 67.1 Å². The van der Waals surface area contributed by atoms with Gasteiger partial charge in [0.15, 0.2) is 13.9 Å². The predicted molar refractivity (Wildman–Crippen MR) is 171 cm³/mol. The van der Waals surface area contributed by atoms with Crippen molar-refractivity contribution in [3.63, 3.8) is 0 Å². The molecule has 10 nitrogen and oxygen atoms in total. The molecule has 3 amide bonds. The molecule has 44 heavy (non-hydrogen) atoms. The SMILES string of the molecule is C[C@@H]1[C@@H]([Si](C)(C)O)[C@H](CC(=O)N(CCO)Cc2ccccc2)O[C@@]12C(=O)N(C)c1ccc(NC(=O)c3ccc(N)cc3)cc12. The minimum atomic E-state index is -3.00. The summed E-state index contributed by atoms with van der Waals surface area (Å²) >= 11 is 0. The van der Waals surface area contributed by atoms with Crippen LogP contribution in [0, 0.1) is 5.92 Å². The van der Waals surface area contributed by atoms with E-state index in [2.05, 4.69) is 5.32 Å². The maximum atomic E-state index is 14.1. The van der Waals surface area contributed by atoms with Crippen molar-refractivity contribution in [3.8, 4) is 0 Å². The monoisotopic (exact) mass is 616 g/mol. The van der Waals surface area contributed by atoms with Crippen molar-refractivity contribution in [3.05, 3.63) is 89.5 Å². The number of nitrogen functional groups attached to an aromatic ring is 1. The lowest BCUT2D eigenvalue weighted by Crippen LogP contribution is -2.45. The van der Waals surface area contributed by atoms with Gasteiger partial charge < -0.3 is 35.5 Å². The number of fused-ring (bicyclic) bond motifs is 2. The largest absolute Gasteiger partial charge is 0.432 e. The van der Waals surface area contributed by atoms with Crippen molar-refractivity contribution < 1.29 is 29.0 Å². The van der Waals surface area contributed by atoms with Gasteiger partial charge in [-0.3, -0.25) is 14.4 Å². The number of nitrogens with two attached hydrogens (primary N) is 1. The molecule has 5 rings (SSSR count). The van der Waals surface area contributed by atoms with Gasteiger partial charge in [0.05, 0.1) is 24.8 Å². The summed E-state index contributed by atoms with van der Waals surface area (Å²) in [6.07, 6.45) is -0.794. The van der Waals surface area contributed by atoms with Crippen LogP contribution in [0.1, 0.15) is 34.8 Å². The lowest BCUT2D eigenvalue weighted by molar-refractivity contribution is -0.149. The second kappa shape index (κ2) is 12.2. The van der Waals surface area contributed by atoms with Gasteiger partial charge in [0.2, 0.25) is 5.91 Å². The number of rotatable bonds is 9. The van der Waals surface area contributed by atoms with Crippen molar-refractivity contribution in [2.24, 2.45) is 5.92 Å². The zero-order valence-corrected chi connectivity index (χ0v) is 26.5. The Morgan fingerprint density at radius 1 is 1.09 bits per heavy atom. The molecule has 0 aliphatic carbocycles. The minimum Gasteiger partial charge on any atom is -0.432 e. The van der Waals surface area contributed by atoms with E-state index >= 15 is 0 Å². The van der Waals surface area contributed by atoms with Crippen molar-refractivity contribution in [1.82, 2.24) is 4.90 Å². The molecule has 1 fully saturated rings. The molecule has 0 aromatic heterocycles. The Kier molecular flexibility index (Phi) is 8.68. The molecular weight excluding hydrogens is 576 g/mol. The summed E-state index contributed by atoms with van der Waals surface area (Å²) in [5.41, 5.74) is 7.48. The van der Waals surface area contributed by atoms with E-state index in [-0.39, 0.29) is 37.3 Å². The molecule has 3 aromatic rings. The number of nitrogens with zero attached hydrogens (tertiary/aromatic N) is 2. The zero-order chi connectivity index (χ0) is 31.8. The second-order valence-corrected chi connectivity index (χ2v) is 16.2. The van der Waals surface area contributed by atoms with Crippen molar-refractivity contribution in [2.75, 3.05) is 36.1 Å². The molecule has 3 aromatic carbocycles. The fourth-order valence-electron chi connectivity index (χ4n) is 6.82. The molecule has 0 radical (unpaired) electrons. The molecular formula is C33H40N4O6Si. The average molecular weight is 617 g/mol. The summed E-state index contributed by atoms with van der Waals surface area (Å²) < 4.78 is 6.72. The maximum absolute atomic E-state index is 14.1. The number of hydrogen-bond acceptors (Lipinski definition) is 7. The van der Waals surface area contributed by atoms with Crippen molar-refractivity contribution in [2.45, 2.75) is 50.2 Å². The van der Waals surface area contributed by atoms with E-state index in [0.717, 1.165) is 5.56 Å². The fraction of sp³-hybridized carbons (Fsp3) is 0.364. The number of carbonyl (C=O) groups is 3. The van der Waals surface area contributed by atoms with E-state index < -0.39 is 31.5 Å². The van der Waals surface area contributed by atoms with E-state index in [9.17, 15) is 24.3 Å². The van der Waals surface area contributed by atoms with E-state index in [1.54, 1.807) is 67.5 Å². The summed E-state index contributed by atoms with van der Waals surface area (Å²) in [5.74, 6) is -1.31. The molecule has 0 unspecified atom stereocenters. The third-order valence-electron chi connectivity index (χ3n) is 8.86. The van der Waals surface area contributed by atoms with Crippen LogP contribution in [0.15, 0.2) is 72.8 Å². The normalized spacial score (nSPS) is 22.7. The first kappa shape index (κ1) is 31.4. The van der Waals surface area contributed by atoms with Crippen LogP contribution >= 0.6 is 0 Å². The van der Waals surface area contributed by atoms with Crippen LogP contribution in [0.25, 0.3) is 0 Å². The molecule has 2 heterocycles. The van der Waals surface area contributed by atoms with E-state index in [1.807, 2.05) is 37.3 Å². The van der Waals surface area contributed by atoms with Crippen LogP contribution in [-0.2, 0) is 26.5 Å². The Morgan fingerprint density at radius 3 is 2.41 bits per heavy atom. The highest BCUT2D eigenvalue weighted by molar-refractivity contribution is 6.71. The highest BCUT2D eigenvalue weighted by Crippen LogP contribution is 2.59. The van der Waals surface area contributed by atoms with E-state index in [0.29, 0.717) is 34.7 Å². The number of nitrogens with one attached hydrogen (secondary N) is 1. The number of ether oxygens (including phenoxy) is 1. The molecule has 1 saturated heterocycles. The molecule has 2 aliphatic heterocycles. The smallest absolute Gasteiger partial charge is 0.264 e. The number of carbonyl (C=O) groups excluding carboxylic acids is 3. The van der Waals surface area contributed by atoms with Gasteiger partial charge in [0, 0.05) is 54.1 Å². The second-order valence-electron chi connectivity index (χ2n) is 12.3.